The Labute approximate surface area is 108 Å². The molecule has 0 spiro atoms. The zero-order valence-electron chi connectivity index (χ0n) is 11.0. The zero-order valence-corrected chi connectivity index (χ0v) is 11.0. The lowest BCUT2D eigenvalue weighted by molar-refractivity contribution is 0.1000. The SMILES string of the molecule is CC1CN(Cc2cccc(C(N)=O)c2)CC(C)N1. The predicted octanol–water partition coefficient (Wildman–Crippen LogP) is 0.968. The van der Waals surface area contributed by atoms with Crippen LogP contribution in [0.2, 0.25) is 0 Å². The van der Waals surface area contributed by atoms with Crippen molar-refractivity contribution in [1.29, 1.82) is 0 Å². The summed E-state index contributed by atoms with van der Waals surface area (Å²) in [6, 6.07) is 8.60. The van der Waals surface area contributed by atoms with Gasteiger partial charge in [-0.05, 0) is 31.5 Å². The second-order valence-electron chi connectivity index (χ2n) is 5.23. The first kappa shape index (κ1) is 13.1. The number of nitrogens with two attached hydrogens (primary N) is 1. The summed E-state index contributed by atoms with van der Waals surface area (Å²) in [4.78, 5) is 13.6. The third-order valence-electron chi connectivity index (χ3n) is 3.25. The molecule has 1 amide bonds. The van der Waals surface area contributed by atoms with Gasteiger partial charge in [-0.25, -0.2) is 0 Å². The Morgan fingerprint density at radius 2 is 2.06 bits per heavy atom. The van der Waals surface area contributed by atoms with Crippen LogP contribution >= 0.6 is 0 Å². The van der Waals surface area contributed by atoms with Crippen LogP contribution in [0.15, 0.2) is 24.3 Å². The Hall–Kier alpha value is -1.39. The van der Waals surface area contributed by atoms with E-state index in [1.54, 1.807) is 6.07 Å². The molecule has 1 aromatic rings. The van der Waals surface area contributed by atoms with Crippen molar-refractivity contribution in [3.05, 3.63) is 35.4 Å². The molecule has 4 nitrogen and oxygen atoms in total. The number of rotatable bonds is 3. The van der Waals surface area contributed by atoms with E-state index in [4.69, 9.17) is 5.73 Å². The maximum absolute atomic E-state index is 11.1. The van der Waals surface area contributed by atoms with E-state index in [9.17, 15) is 4.79 Å². The number of nitrogens with zero attached hydrogens (tertiary/aromatic N) is 1. The van der Waals surface area contributed by atoms with E-state index in [2.05, 4.69) is 24.1 Å². The van der Waals surface area contributed by atoms with Crippen molar-refractivity contribution >= 4 is 5.91 Å². The summed E-state index contributed by atoms with van der Waals surface area (Å²) in [6.07, 6.45) is 0. The Balaban J connectivity index is 2.04. The lowest BCUT2D eigenvalue weighted by atomic mass is 10.1. The van der Waals surface area contributed by atoms with Gasteiger partial charge in [0.25, 0.3) is 0 Å². The molecular formula is C14H21N3O. The van der Waals surface area contributed by atoms with Crippen LogP contribution in [0.4, 0.5) is 0 Å². The van der Waals surface area contributed by atoms with Crippen LogP contribution in [0, 0.1) is 0 Å². The fraction of sp³-hybridized carbons (Fsp3) is 0.500. The standard InChI is InChI=1S/C14H21N3O/c1-10-7-17(8-11(2)16-10)9-12-4-3-5-13(6-12)14(15)18/h3-6,10-11,16H,7-9H2,1-2H3,(H2,15,18). The number of piperazine rings is 1. The van der Waals surface area contributed by atoms with Gasteiger partial charge in [-0.3, -0.25) is 9.69 Å². The van der Waals surface area contributed by atoms with Crippen molar-refractivity contribution in [3.8, 4) is 0 Å². The molecule has 0 aliphatic carbocycles. The quantitative estimate of drug-likeness (QED) is 0.836. The molecule has 2 unspecified atom stereocenters. The fourth-order valence-electron chi connectivity index (χ4n) is 2.65. The molecule has 3 N–H and O–H groups in total. The number of nitrogens with one attached hydrogen (secondary N) is 1. The molecule has 1 aliphatic heterocycles. The van der Waals surface area contributed by atoms with Crippen LogP contribution in [0.5, 0.6) is 0 Å². The second kappa shape index (κ2) is 5.50. The molecule has 1 aromatic carbocycles. The monoisotopic (exact) mass is 247 g/mol. The Kier molecular flexibility index (Phi) is 3.99. The summed E-state index contributed by atoms with van der Waals surface area (Å²) in [6.45, 7) is 7.33. The molecule has 18 heavy (non-hydrogen) atoms. The van der Waals surface area contributed by atoms with Crippen molar-refractivity contribution in [2.24, 2.45) is 5.73 Å². The van der Waals surface area contributed by atoms with Gasteiger partial charge in [-0.2, -0.15) is 0 Å². The van der Waals surface area contributed by atoms with E-state index in [0.717, 1.165) is 25.2 Å². The predicted molar refractivity (Wildman–Crippen MR) is 72.3 cm³/mol. The van der Waals surface area contributed by atoms with Gasteiger partial charge in [-0.15, -0.1) is 0 Å². The number of amides is 1. The highest BCUT2D eigenvalue weighted by atomic mass is 16.1. The number of primary amides is 1. The first-order chi connectivity index (χ1) is 8.54. The number of carbonyl (C=O) groups excluding carboxylic acids is 1. The van der Waals surface area contributed by atoms with E-state index in [-0.39, 0.29) is 5.91 Å². The molecule has 2 rings (SSSR count). The first-order valence-electron chi connectivity index (χ1n) is 6.41. The summed E-state index contributed by atoms with van der Waals surface area (Å²) in [5.74, 6) is -0.362. The van der Waals surface area contributed by atoms with Crippen LogP contribution in [-0.2, 0) is 6.54 Å². The van der Waals surface area contributed by atoms with E-state index in [1.807, 2.05) is 18.2 Å². The Morgan fingerprint density at radius 1 is 1.39 bits per heavy atom. The van der Waals surface area contributed by atoms with Crippen molar-refractivity contribution in [2.45, 2.75) is 32.5 Å². The maximum Gasteiger partial charge on any atom is 0.248 e. The average Bonchev–Trinajstić information content (AvgIpc) is 2.27. The molecule has 0 aromatic heterocycles. The summed E-state index contributed by atoms with van der Waals surface area (Å²) < 4.78 is 0. The molecule has 0 radical (unpaired) electrons. The minimum absolute atomic E-state index is 0.362. The first-order valence-corrected chi connectivity index (χ1v) is 6.41. The molecule has 1 saturated heterocycles. The van der Waals surface area contributed by atoms with Crippen LogP contribution < -0.4 is 11.1 Å². The summed E-state index contributed by atoms with van der Waals surface area (Å²) in [5, 5.41) is 3.51. The summed E-state index contributed by atoms with van der Waals surface area (Å²) in [7, 11) is 0. The van der Waals surface area contributed by atoms with Gasteiger partial charge in [-0.1, -0.05) is 12.1 Å². The molecule has 1 fully saturated rings. The maximum atomic E-state index is 11.1. The third-order valence-corrected chi connectivity index (χ3v) is 3.25. The molecule has 1 heterocycles. The third kappa shape index (κ3) is 3.31. The van der Waals surface area contributed by atoms with Gasteiger partial charge in [0.2, 0.25) is 5.91 Å². The molecular weight excluding hydrogens is 226 g/mol. The number of carbonyl (C=O) groups is 1. The summed E-state index contributed by atoms with van der Waals surface area (Å²) in [5.41, 5.74) is 7.03. The van der Waals surface area contributed by atoms with Crippen molar-refractivity contribution in [3.63, 3.8) is 0 Å². The van der Waals surface area contributed by atoms with Crippen LogP contribution in [0.1, 0.15) is 29.8 Å². The van der Waals surface area contributed by atoms with E-state index in [0.29, 0.717) is 17.6 Å². The topological polar surface area (TPSA) is 58.4 Å². The Morgan fingerprint density at radius 3 is 2.67 bits per heavy atom. The lowest BCUT2D eigenvalue weighted by Gasteiger charge is -2.36. The molecule has 98 valence electrons. The smallest absolute Gasteiger partial charge is 0.248 e. The normalized spacial score (nSPS) is 25.0. The lowest BCUT2D eigenvalue weighted by Crippen LogP contribution is -2.53. The second-order valence-corrected chi connectivity index (χ2v) is 5.23. The van der Waals surface area contributed by atoms with Gasteiger partial charge >= 0.3 is 0 Å². The number of hydrogen-bond donors (Lipinski definition) is 2. The minimum atomic E-state index is -0.362. The van der Waals surface area contributed by atoms with Crippen LogP contribution in [0.3, 0.4) is 0 Å². The minimum Gasteiger partial charge on any atom is -0.366 e. The van der Waals surface area contributed by atoms with Crippen LogP contribution in [0.25, 0.3) is 0 Å². The van der Waals surface area contributed by atoms with Crippen molar-refractivity contribution in [2.75, 3.05) is 13.1 Å². The molecule has 0 saturated carbocycles. The Bertz CT molecular complexity index is 423. The molecule has 2 atom stereocenters. The highest BCUT2D eigenvalue weighted by molar-refractivity contribution is 5.92. The van der Waals surface area contributed by atoms with Gasteiger partial charge in [0.15, 0.2) is 0 Å². The van der Waals surface area contributed by atoms with Crippen LogP contribution in [-0.4, -0.2) is 36.0 Å². The molecule has 0 bridgehead atoms. The van der Waals surface area contributed by atoms with Gasteiger partial charge in [0.05, 0.1) is 0 Å². The van der Waals surface area contributed by atoms with Crippen molar-refractivity contribution < 1.29 is 4.79 Å². The number of benzene rings is 1. The van der Waals surface area contributed by atoms with Crippen molar-refractivity contribution in [1.82, 2.24) is 10.2 Å². The molecule has 1 aliphatic rings. The van der Waals surface area contributed by atoms with E-state index < -0.39 is 0 Å². The van der Waals surface area contributed by atoms with Gasteiger partial charge < -0.3 is 11.1 Å². The number of hydrogen-bond acceptors (Lipinski definition) is 3. The van der Waals surface area contributed by atoms with E-state index >= 15 is 0 Å². The van der Waals surface area contributed by atoms with E-state index in [1.165, 1.54) is 0 Å². The summed E-state index contributed by atoms with van der Waals surface area (Å²) >= 11 is 0. The highest BCUT2D eigenvalue weighted by Gasteiger charge is 2.20. The van der Waals surface area contributed by atoms with Gasteiger partial charge in [0.1, 0.15) is 0 Å². The molecule has 4 heteroatoms. The largest absolute Gasteiger partial charge is 0.366 e. The fourth-order valence-corrected chi connectivity index (χ4v) is 2.65. The zero-order chi connectivity index (χ0) is 13.1. The average molecular weight is 247 g/mol. The van der Waals surface area contributed by atoms with Gasteiger partial charge in [0, 0.05) is 37.3 Å². The highest BCUT2D eigenvalue weighted by Crippen LogP contribution is 2.11.